The van der Waals surface area contributed by atoms with E-state index in [2.05, 4.69) is 4.74 Å². The molecule has 0 saturated heterocycles. The zero-order valence-corrected chi connectivity index (χ0v) is 8.85. The molecular weight excluding hydrogens is 246 g/mol. The van der Waals surface area contributed by atoms with Crippen LogP contribution in [0, 0.1) is 0 Å². The summed E-state index contributed by atoms with van der Waals surface area (Å²) in [6.45, 7) is 0. The van der Waals surface area contributed by atoms with Gasteiger partial charge in [-0.1, -0.05) is 0 Å². The highest BCUT2D eigenvalue weighted by atomic mass is 32.2. The van der Waals surface area contributed by atoms with E-state index in [1.165, 1.54) is 0 Å². The van der Waals surface area contributed by atoms with Crippen LogP contribution in [0.2, 0.25) is 0 Å². The lowest BCUT2D eigenvalue weighted by atomic mass is 10.2. The Labute approximate surface area is 89.1 Å². The van der Waals surface area contributed by atoms with E-state index >= 15 is 0 Å². The highest BCUT2D eigenvalue weighted by Gasteiger charge is 2.27. The number of aromatic amines is 1. The minimum atomic E-state index is -4.36. The summed E-state index contributed by atoms with van der Waals surface area (Å²) in [6.07, 6.45) is -2.58. The van der Waals surface area contributed by atoms with Gasteiger partial charge in [0.15, 0.2) is 5.75 Å². The molecule has 90 valence electrons. The van der Waals surface area contributed by atoms with E-state index in [9.17, 15) is 22.0 Å². The summed E-state index contributed by atoms with van der Waals surface area (Å²) in [4.78, 5) is 12.2. The summed E-state index contributed by atoms with van der Waals surface area (Å²) in [7, 11) is -3.38. The van der Waals surface area contributed by atoms with E-state index in [4.69, 9.17) is 5.14 Å². The van der Waals surface area contributed by atoms with Crippen LogP contribution in [0.3, 0.4) is 0 Å². The minimum Gasteiger partial charge on any atom is -0.491 e. The second-order valence-electron chi connectivity index (χ2n) is 2.77. The van der Waals surface area contributed by atoms with Gasteiger partial charge in [-0.05, 0) is 0 Å². The molecular formula is C7H8F2N2O4S. The highest BCUT2D eigenvalue weighted by molar-refractivity contribution is 7.89. The number of H-pyrrole nitrogens is 1. The Morgan fingerprint density at radius 2 is 2.06 bits per heavy atom. The number of aromatic nitrogens is 1. The van der Waals surface area contributed by atoms with Crippen LogP contribution in [0.4, 0.5) is 8.78 Å². The summed E-state index contributed by atoms with van der Waals surface area (Å²) < 4.78 is 51.7. The minimum absolute atomic E-state index is 0.613. The topological polar surface area (TPSA) is 102 Å². The number of rotatable bonds is 3. The van der Waals surface area contributed by atoms with Crippen LogP contribution in [-0.4, -0.2) is 20.5 Å². The molecule has 0 spiro atoms. The maximum absolute atomic E-state index is 12.6. The fourth-order valence-electron chi connectivity index (χ4n) is 1.15. The van der Waals surface area contributed by atoms with Crippen LogP contribution < -0.4 is 15.4 Å². The van der Waals surface area contributed by atoms with E-state index in [1.54, 1.807) is 0 Å². The largest absolute Gasteiger partial charge is 0.491 e. The molecule has 0 unspecified atom stereocenters. The molecule has 0 aromatic carbocycles. The Morgan fingerprint density at radius 1 is 1.50 bits per heavy atom. The Hall–Kier alpha value is -1.48. The molecule has 9 heteroatoms. The van der Waals surface area contributed by atoms with Crippen molar-refractivity contribution in [3.05, 3.63) is 22.1 Å². The normalized spacial score (nSPS) is 11.8. The zero-order chi connectivity index (χ0) is 12.5. The first-order valence-corrected chi connectivity index (χ1v) is 5.44. The van der Waals surface area contributed by atoms with Gasteiger partial charge < -0.3 is 9.72 Å². The van der Waals surface area contributed by atoms with Crippen LogP contribution in [0.15, 0.2) is 15.9 Å². The fourth-order valence-corrected chi connectivity index (χ4v) is 1.86. The summed E-state index contributed by atoms with van der Waals surface area (Å²) in [5.74, 6) is -0.762. The summed E-state index contributed by atoms with van der Waals surface area (Å²) in [5.41, 5.74) is -1.99. The number of ether oxygens (including phenoxy) is 1. The van der Waals surface area contributed by atoms with Crippen LogP contribution in [0.25, 0.3) is 0 Å². The van der Waals surface area contributed by atoms with Gasteiger partial charge in [0.1, 0.15) is 4.90 Å². The van der Waals surface area contributed by atoms with Gasteiger partial charge in [-0.3, -0.25) is 4.79 Å². The molecule has 3 N–H and O–H groups in total. The second kappa shape index (κ2) is 4.18. The van der Waals surface area contributed by atoms with Crippen molar-refractivity contribution in [1.82, 2.24) is 4.98 Å². The second-order valence-corrected chi connectivity index (χ2v) is 4.30. The van der Waals surface area contributed by atoms with Gasteiger partial charge in [-0.15, -0.1) is 0 Å². The van der Waals surface area contributed by atoms with Crippen molar-refractivity contribution in [2.24, 2.45) is 5.14 Å². The Balaban J connectivity index is 3.72. The first-order chi connectivity index (χ1) is 7.29. The van der Waals surface area contributed by atoms with Crippen molar-refractivity contribution in [2.45, 2.75) is 11.3 Å². The number of pyridine rings is 1. The number of nitrogens with one attached hydrogen (secondary N) is 1. The third-order valence-corrected chi connectivity index (χ3v) is 2.73. The number of methoxy groups -OCH3 is 1. The van der Waals surface area contributed by atoms with Crippen molar-refractivity contribution >= 4 is 10.0 Å². The Morgan fingerprint density at radius 3 is 2.44 bits per heavy atom. The number of halogens is 2. The first kappa shape index (κ1) is 12.6. The smallest absolute Gasteiger partial charge is 0.290 e. The van der Waals surface area contributed by atoms with E-state index in [-0.39, 0.29) is 0 Å². The molecule has 0 fully saturated rings. The van der Waals surface area contributed by atoms with Gasteiger partial charge in [0, 0.05) is 6.20 Å². The number of hydrogen-bond acceptors (Lipinski definition) is 4. The number of alkyl halides is 2. The molecule has 1 aromatic rings. The maximum Gasteiger partial charge on any atom is 0.290 e. The molecule has 16 heavy (non-hydrogen) atoms. The third kappa shape index (κ3) is 2.19. The number of hydrogen-bond donors (Lipinski definition) is 2. The standard InChI is InChI=1S/C7H8F2N2O4S/c1-15-5-4(6(8)9)3(16(10,13)14)2-11-7(5)12/h2,6H,1H3,(H,11,12)(H2,10,13,14). The van der Waals surface area contributed by atoms with Gasteiger partial charge in [-0.2, -0.15) is 0 Å². The molecule has 0 amide bonds. The first-order valence-electron chi connectivity index (χ1n) is 3.89. The van der Waals surface area contributed by atoms with E-state index < -0.39 is 38.2 Å². The quantitative estimate of drug-likeness (QED) is 0.790. The molecule has 0 aliphatic rings. The SMILES string of the molecule is COc1c(C(F)F)c(S(N)(=O)=O)c[nH]c1=O. The number of nitrogens with two attached hydrogens (primary N) is 1. The average molecular weight is 254 g/mol. The average Bonchev–Trinajstić information content (AvgIpc) is 2.14. The predicted octanol–water partition coefficient (Wildman–Crippen LogP) is -0.0315. The van der Waals surface area contributed by atoms with Crippen molar-refractivity contribution in [2.75, 3.05) is 7.11 Å². The molecule has 0 atom stereocenters. The van der Waals surface area contributed by atoms with Gasteiger partial charge >= 0.3 is 0 Å². The lowest BCUT2D eigenvalue weighted by Gasteiger charge is -2.10. The molecule has 6 nitrogen and oxygen atoms in total. The number of sulfonamides is 1. The van der Waals surface area contributed by atoms with Crippen molar-refractivity contribution in [1.29, 1.82) is 0 Å². The molecule has 1 heterocycles. The van der Waals surface area contributed by atoms with E-state index in [0.29, 0.717) is 6.20 Å². The van der Waals surface area contributed by atoms with E-state index in [0.717, 1.165) is 7.11 Å². The van der Waals surface area contributed by atoms with Crippen LogP contribution in [0.5, 0.6) is 5.75 Å². The van der Waals surface area contributed by atoms with Crippen molar-refractivity contribution in [3.63, 3.8) is 0 Å². The van der Waals surface area contributed by atoms with Gasteiger partial charge in [0.2, 0.25) is 10.0 Å². The lowest BCUT2D eigenvalue weighted by molar-refractivity contribution is 0.143. The molecule has 0 aliphatic carbocycles. The number of primary sulfonamides is 1. The van der Waals surface area contributed by atoms with E-state index in [1.807, 2.05) is 4.98 Å². The summed E-state index contributed by atoms with van der Waals surface area (Å²) in [6, 6.07) is 0. The maximum atomic E-state index is 12.6. The van der Waals surface area contributed by atoms with Crippen LogP contribution >= 0.6 is 0 Å². The third-order valence-electron chi connectivity index (χ3n) is 1.78. The molecule has 0 radical (unpaired) electrons. The molecule has 1 aromatic heterocycles. The molecule has 0 bridgehead atoms. The van der Waals surface area contributed by atoms with Crippen molar-refractivity contribution in [3.8, 4) is 5.75 Å². The van der Waals surface area contributed by atoms with Crippen LogP contribution in [-0.2, 0) is 10.0 Å². The molecule has 1 rings (SSSR count). The Kier molecular flexibility index (Phi) is 3.29. The van der Waals surface area contributed by atoms with Gasteiger partial charge in [0.25, 0.3) is 12.0 Å². The highest BCUT2D eigenvalue weighted by Crippen LogP contribution is 2.30. The molecule has 0 saturated carbocycles. The monoisotopic (exact) mass is 254 g/mol. The summed E-state index contributed by atoms with van der Waals surface area (Å²) >= 11 is 0. The Bertz CT molecular complexity index is 552. The summed E-state index contributed by atoms with van der Waals surface area (Å²) in [5, 5.41) is 4.73. The zero-order valence-electron chi connectivity index (χ0n) is 8.03. The van der Waals surface area contributed by atoms with Crippen molar-refractivity contribution < 1.29 is 21.9 Å². The lowest BCUT2D eigenvalue weighted by Crippen LogP contribution is -2.20. The predicted molar refractivity (Wildman–Crippen MR) is 49.9 cm³/mol. The van der Waals surface area contributed by atoms with Crippen LogP contribution in [0.1, 0.15) is 12.0 Å². The van der Waals surface area contributed by atoms with Gasteiger partial charge in [0.05, 0.1) is 12.7 Å². The molecule has 0 aliphatic heterocycles. The fraction of sp³-hybridized carbons (Fsp3) is 0.286. The van der Waals surface area contributed by atoms with Gasteiger partial charge in [-0.25, -0.2) is 22.3 Å².